The van der Waals surface area contributed by atoms with Gasteiger partial charge in [-0.3, -0.25) is 14.9 Å². The van der Waals surface area contributed by atoms with Gasteiger partial charge in [0.15, 0.2) is 11.6 Å². The lowest BCUT2D eigenvalue weighted by Gasteiger charge is -2.29. The summed E-state index contributed by atoms with van der Waals surface area (Å²) >= 11 is 0. The highest BCUT2D eigenvalue weighted by molar-refractivity contribution is 5.98. The van der Waals surface area contributed by atoms with E-state index in [4.69, 9.17) is 5.73 Å². The summed E-state index contributed by atoms with van der Waals surface area (Å²) in [6.07, 6.45) is 3.24. The van der Waals surface area contributed by atoms with E-state index >= 15 is 0 Å². The van der Waals surface area contributed by atoms with Crippen molar-refractivity contribution in [2.45, 2.75) is 37.8 Å². The van der Waals surface area contributed by atoms with Gasteiger partial charge in [-0.25, -0.2) is 8.78 Å². The van der Waals surface area contributed by atoms with Crippen LogP contribution in [0.2, 0.25) is 0 Å². The Morgan fingerprint density at radius 2 is 1.90 bits per heavy atom. The molecule has 1 aromatic carbocycles. The van der Waals surface area contributed by atoms with E-state index in [2.05, 4.69) is 5.32 Å². The highest BCUT2D eigenvalue weighted by Gasteiger charge is 2.28. The monoisotopic (exact) mass is 299 g/mol. The number of halogens is 2. The Labute approximate surface area is 119 Å². The maximum Gasteiger partial charge on any atom is 0.285 e. The first-order valence-electron chi connectivity index (χ1n) is 6.60. The highest BCUT2D eigenvalue weighted by Crippen LogP contribution is 2.23. The summed E-state index contributed by atoms with van der Waals surface area (Å²) in [6, 6.07) is 0.383. The minimum atomic E-state index is -1.37. The van der Waals surface area contributed by atoms with Crippen molar-refractivity contribution in [3.8, 4) is 0 Å². The Morgan fingerprint density at radius 3 is 2.52 bits per heavy atom. The van der Waals surface area contributed by atoms with Crippen molar-refractivity contribution >= 4 is 11.6 Å². The zero-order chi connectivity index (χ0) is 15.6. The minimum absolute atomic E-state index is 0.243. The van der Waals surface area contributed by atoms with E-state index < -0.39 is 33.7 Å². The number of benzene rings is 1. The van der Waals surface area contributed by atoms with E-state index in [1.165, 1.54) is 0 Å². The normalized spacial score (nSPS) is 21.9. The Balaban J connectivity index is 2.26. The predicted molar refractivity (Wildman–Crippen MR) is 70.7 cm³/mol. The van der Waals surface area contributed by atoms with Crippen molar-refractivity contribution in [1.82, 2.24) is 5.32 Å². The van der Waals surface area contributed by atoms with Crippen molar-refractivity contribution < 1.29 is 18.5 Å². The fourth-order valence-electron chi connectivity index (χ4n) is 2.45. The summed E-state index contributed by atoms with van der Waals surface area (Å²) in [5.74, 6) is -3.49. The van der Waals surface area contributed by atoms with Gasteiger partial charge in [0.1, 0.15) is 5.56 Å². The van der Waals surface area contributed by atoms with Crippen LogP contribution in [0.15, 0.2) is 12.1 Å². The molecule has 2 atom stereocenters. The van der Waals surface area contributed by atoms with Crippen LogP contribution < -0.4 is 11.1 Å². The van der Waals surface area contributed by atoms with Crippen LogP contribution >= 0.6 is 0 Å². The molecule has 0 spiro atoms. The molecule has 1 saturated carbocycles. The van der Waals surface area contributed by atoms with Crippen LogP contribution in [-0.4, -0.2) is 22.9 Å². The predicted octanol–water partition coefficient (Wildman–Crippen LogP) is 1.87. The van der Waals surface area contributed by atoms with Crippen molar-refractivity contribution in [2.75, 3.05) is 0 Å². The van der Waals surface area contributed by atoms with Crippen LogP contribution in [-0.2, 0) is 0 Å². The van der Waals surface area contributed by atoms with E-state index in [0.29, 0.717) is 18.6 Å². The van der Waals surface area contributed by atoms with Crippen LogP contribution in [0.3, 0.4) is 0 Å². The van der Waals surface area contributed by atoms with Crippen LogP contribution in [0.5, 0.6) is 0 Å². The van der Waals surface area contributed by atoms with Gasteiger partial charge in [0.2, 0.25) is 0 Å². The largest absolute Gasteiger partial charge is 0.348 e. The van der Waals surface area contributed by atoms with Crippen molar-refractivity contribution in [2.24, 2.45) is 5.73 Å². The smallest absolute Gasteiger partial charge is 0.285 e. The molecule has 1 aliphatic rings. The SMILES string of the molecule is NC1CCCCC1NC(=O)c1cc(F)c(F)cc1[N+](=O)[O-]. The maximum atomic E-state index is 13.2. The maximum absolute atomic E-state index is 13.2. The third kappa shape index (κ3) is 3.33. The lowest BCUT2D eigenvalue weighted by atomic mass is 9.91. The second-order valence-electron chi connectivity index (χ2n) is 5.07. The van der Waals surface area contributed by atoms with Crippen LogP contribution in [0.4, 0.5) is 14.5 Å². The molecule has 8 heteroatoms. The van der Waals surface area contributed by atoms with Gasteiger partial charge in [-0.05, 0) is 18.9 Å². The first-order chi connectivity index (χ1) is 9.90. The number of nitro benzene ring substituents is 1. The van der Waals surface area contributed by atoms with E-state index in [1.54, 1.807) is 0 Å². The quantitative estimate of drug-likeness (QED) is 0.657. The number of carbonyl (C=O) groups is 1. The highest BCUT2D eigenvalue weighted by atomic mass is 19.2. The number of nitrogens with one attached hydrogen (secondary N) is 1. The molecule has 1 aliphatic carbocycles. The number of nitrogens with zero attached hydrogens (tertiary/aromatic N) is 1. The molecule has 2 rings (SSSR count). The van der Waals surface area contributed by atoms with Crippen LogP contribution in [0, 0.1) is 21.7 Å². The fourth-order valence-corrected chi connectivity index (χ4v) is 2.45. The number of hydrogen-bond acceptors (Lipinski definition) is 4. The molecule has 6 nitrogen and oxygen atoms in total. The van der Waals surface area contributed by atoms with Gasteiger partial charge in [-0.1, -0.05) is 12.8 Å². The molecule has 1 aromatic rings. The molecular weight excluding hydrogens is 284 g/mol. The molecule has 0 radical (unpaired) electrons. The standard InChI is InChI=1S/C13H15F2N3O3/c14-8-5-7(12(18(20)21)6-9(8)15)13(19)17-11-4-2-1-3-10(11)16/h5-6,10-11H,1-4,16H2,(H,17,19). The summed E-state index contributed by atoms with van der Waals surface area (Å²) < 4.78 is 26.3. The Kier molecular flexibility index (Phi) is 4.46. The van der Waals surface area contributed by atoms with Gasteiger partial charge in [0.05, 0.1) is 11.0 Å². The second-order valence-corrected chi connectivity index (χ2v) is 5.07. The van der Waals surface area contributed by atoms with E-state index in [9.17, 15) is 23.7 Å². The average Bonchev–Trinajstić information content (AvgIpc) is 2.43. The fraction of sp³-hybridized carbons (Fsp3) is 0.462. The molecule has 0 saturated heterocycles. The first-order valence-corrected chi connectivity index (χ1v) is 6.60. The summed E-state index contributed by atoms with van der Waals surface area (Å²) in [6.45, 7) is 0. The zero-order valence-electron chi connectivity index (χ0n) is 11.1. The Morgan fingerprint density at radius 1 is 1.29 bits per heavy atom. The first kappa shape index (κ1) is 15.3. The van der Waals surface area contributed by atoms with Gasteiger partial charge in [-0.15, -0.1) is 0 Å². The molecule has 1 fully saturated rings. The third-order valence-electron chi connectivity index (χ3n) is 3.62. The molecule has 0 aromatic heterocycles. The summed E-state index contributed by atoms with van der Waals surface area (Å²) in [4.78, 5) is 22.0. The number of rotatable bonds is 3. The number of nitro groups is 1. The summed E-state index contributed by atoms with van der Waals surface area (Å²) in [5, 5.41) is 13.4. The molecule has 1 amide bonds. The molecular formula is C13H15F2N3O3. The second kappa shape index (κ2) is 6.13. The Hall–Kier alpha value is -2.09. The topological polar surface area (TPSA) is 98.3 Å². The van der Waals surface area contributed by atoms with Gasteiger partial charge in [0, 0.05) is 12.1 Å². The van der Waals surface area contributed by atoms with Gasteiger partial charge in [0.25, 0.3) is 11.6 Å². The lowest BCUT2D eigenvalue weighted by molar-refractivity contribution is -0.385. The summed E-state index contributed by atoms with van der Waals surface area (Å²) in [5.41, 5.74) is 4.60. The molecule has 0 bridgehead atoms. The Bertz CT molecular complexity index is 580. The van der Waals surface area contributed by atoms with Crippen molar-refractivity contribution in [3.05, 3.63) is 39.4 Å². The van der Waals surface area contributed by atoms with Gasteiger partial charge in [-0.2, -0.15) is 0 Å². The molecule has 21 heavy (non-hydrogen) atoms. The van der Waals surface area contributed by atoms with Gasteiger partial charge < -0.3 is 11.1 Å². The number of nitrogens with two attached hydrogens (primary N) is 1. The van der Waals surface area contributed by atoms with E-state index in [1.807, 2.05) is 0 Å². The van der Waals surface area contributed by atoms with Crippen LogP contribution in [0.25, 0.3) is 0 Å². The number of carbonyl (C=O) groups excluding carboxylic acids is 1. The van der Waals surface area contributed by atoms with E-state index in [0.717, 1.165) is 19.3 Å². The zero-order valence-corrected chi connectivity index (χ0v) is 11.1. The average molecular weight is 299 g/mol. The molecule has 114 valence electrons. The lowest BCUT2D eigenvalue weighted by Crippen LogP contribution is -2.49. The minimum Gasteiger partial charge on any atom is -0.348 e. The number of amides is 1. The van der Waals surface area contributed by atoms with Crippen molar-refractivity contribution in [3.63, 3.8) is 0 Å². The molecule has 0 heterocycles. The third-order valence-corrected chi connectivity index (χ3v) is 3.62. The van der Waals surface area contributed by atoms with Crippen LogP contribution in [0.1, 0.15) is 36.0 Å². The van der Waals surface area contributed by atoms with Crippen molar-refractivity contribution in [1.29, 1.82) is 0 Å². The molecule has 2 unspecified atom stereocenters. The molecule has 0 aliphatic heterocycles. The van der Waals surface area contributed by atoms with E-state index in [-0.39, 0.29) is 12.1 Å². The molecule has 3 N–H and O–H groups in total. The van der Waals surface area contributed by atoms with Gasteiger partial charge >= 0.3 is 0 Å². The summed E-state index contributed by atoms with van der Waals surface area (Å²) in [7, 11) is 0. The number of hydrogen-bond donors (Lipinski definition) is 2.